The van der Waals surface area contributed by atoms with Crippen LogP contribution < -0.4 is 4.90 Å². The molecule has 2 aromatic rings. The third-order valence-corrected chi connectivity index (χ3v) is 5.71. The molecule has 23 heavy (non-hydrogen) atoms. The van der Waals surface area contributed by atoms with Crippen molar-refractivity contribution in [2.45, 2.75) is 37.0 Å². The van der Waals surface area contributed by atoms with Gasteiger partial charge in [0.25, 0.3) is 5.24 Å². The molecule has 2 atom stereocenters. The number of thioether (sulfide) groups is 1. The topological polar surface area (TPSA) is 63.4 Å². The zero-order chi connectivity index (χ0) is 16.1. The Kier molecular flexibility index (Phi) is 3.37. The number of anilines is 1. The molecular weight excluding hydrogens is 326 g/mol. The average Bonchev–Trinajstić information content (AvgIpc) is 3.10. The molecule has 1 saturated carbocycles. The van der Waals surface area contributed by atoms with Crippen molar-refractivity contribution in [3.63, 3.8) is 0 Å². The van der Waals surface area contributed by atoms with Crippen LogP contribution in [0.2, 0.25) is 0 Å². The predicted molar refractivity (Wildman–Crippen MR) is 80.8 cm³/mol. The summed E-state index contributed by atoms with van der Waals surface area (Å²) in [5.74, 6) is -2.37. The van der Waals surface area contributed by atoms with Crippen LogP contribution in [0.4, 0.5) is 19.4 Å². The van der Waals surface area contributed by atoms with Crippen LogP contribution in [0.15, 0.2) is 10.6 Å². The first-order valence-electron chi connectivity index (χ1n) is 7.34. The van der Waals surface area contributed by atoms with Gasteiger partial charge in [0.05, 0.1) is 17.0 Å². The molecule has 4 rings (SSSR count). The van der Waals surface area contributed by atoms with E-state index in [0.29, 0.717) is 0 Å². The van der Waals surface area contributed by atoms with Crippen molar-refractivity contribution in [2.24, 2.45) is 0 Å². The largest absolute Gasteiger partial charge is 0.351 e. The van der Waals surface area contributed by atoms with Crippen molar-refractivity contribution >= 4 is 40.1 Å². The first-order chi connectivity index (χ1) is 11.1. The fourth-order valence-corrected chi connectivity index (χ4v) is 4.65. The Labute approximate surface area is 134 Å². The van der Waals surface area contributed by atoms with Crippen molar-refractivity contribution < 1.29 is 22.9 Å². The Bertz CT molecular complexity index is 823. The summed E-state index contributed by atoms with van der Waals surface area (Å²) in [5, 5.41) is 3.94. The lowest BCUT2D eigenvalue weighted by molar-refractivity contribution is 0.111. The number of carbonyl (C=O) groups is 2. The first-order valence-corrected chi connectivity index (χ1v) is 8.22. The molecule has 0 radical (unpaired) electrons. The second-order valence-electron chi connectivity index (χ2n) is 5.74. The lowest BCUT2D eigenvalue weighted by Gasteiger charge is -2.28. The molecule has 120 valence electrons. The number of aldehydes is 1. The Hall–Kier alpha value is -1.96. The van der Waals surface area contributed by atoms with Crippen molar-refractivity contribution in [1.82, 2.24) is 5.16 Å². The minimum absolute atomic E-state index is 0.0256. The normalized spacial score (nSPS) is 24.3. The number of amides is 1. The highest BCUT2D eigenvalue weighted by atomic mass is 32.2. The number of fused-ring (bicyclic) bond motifs is 2. The molecule has 0 N–H and O–H groups in total. The molecule has 0 bridgehead atoms. The van der Waals surface area contributed by atoms with E-state index in [2.05, 4.69) is 5.16 Å². The van der Waals surface area contributed by atoms with Gasteiger partial charge in [0.2, 0.25) is 11.4 Å². The number of hydrogen-bond acceptors (Lipinski definition) is 5. The van der Waals surface area contributed by atoms with E-state index in [-0.39, 0.29) is 39.6 Å². The van der Waals surface area contributed by atoms with Gasteiger partial charge >= 0.3 is 0 Å². The van der Waals surface area contributed by atoms with Crippen LogP contribution in [-0.4, -0.2) is 28.0 Å². The fraction of sp³-hybridized carbons (Fsp3) is 0.400. The zero-order valence-corrected chi connectivity index (χ0v) is 12.7. The Morgan fingerprint density at radius 2 is 2.09 bits per heavy atom. The van der Waals surface area contributed by atoms with Crippen molar-refractivity contribution in [2.75, 3.05) is 4.90 Å². The van der Waals surface area contributed by atoms with E-state index in [0.717, 1.165) is 25.7 Å². The molecule has 1 amide bonds. The number of hydrogen-bond donors (Lipinski definition) is 0. The molecule has 2 fully saturated rings. The van der Waals surface area contributed by atoms with Gasteiger partial charge in [-0.25, -0.2) is 4.39 Å². The van der Waals surface area contributed by atoms with E-state index in [1.165, 1.54) is 22.7 Å². The monoisotopic (exact) mass is 338 g/mol. The second-order valence-corrected chi connectivity index (χ2v) is 6.93. The van der Waals surface area contributed by atoms with Gasteiger partial charge < -0.3 is 4.52 Å². The van der Waals surface area contributed by atoms with Crippen LogP contribution >= 0.6 is 11.8 Å². The van der Waals surface area contributed by atoms with E-state index in [1.54, 1.807) is 0 Å². The summed E-state index contributed by atoms with van der Waals surface area (Å²) in [6.07, 6.45) is 4.09. The molecule has 1 aromatic carbocycles. The zero-order valence-electron chi connectivity index (χ0n) is 11.9. The summed E-state index contributed by atoms with van der Waals surface area (Å²) in [5.41, 5.74) is -0.792. The lowest BCUT2D eigenvalue weighted by Crippen LogP contribution is -2.38. The van der Waals surface area contributed by atoms with E-state index >= 15 is 0 Å². The maximum atomic E-state index is 14.0. The maximum absolute atomic E-state index is 14.0. The molecule has 1 aromatic heterocycles. The second kappa shape index (κ2) is 5.30. The average molecular weight is 338 g/mol. The summed E-state index contributed by atoms with van der Waals surface area (Å²) >= 11 is 1.25. The predicted octanol–water partition coefficient (Wildman–Crippen LogP) is 3.90. The van der Waals surface area contributed by atoms with Gasteiger partial charge in [-0.15, -0.1) is 0 Å². The molecule has 2 aliphatic rings. The summed E-state index contributed by atoms with van der Waals surface area (Å²) in [4.78, 5) is 24.8. The van der Waals surface area contributed by atoms with E-state index < -0.39 is 17.2 Å². The molecule has 8 heteroatoms. The van der Waals surface area contributed by atoms with Crippen molar-refractivity contribution in [3.8, 4) is 0 Å². The van der Waals surface area contributed by atoms with Gasteiger partial charge in [-0.1, -0.05) is 29.8 Å². The van der Waals surface area contributed by atoms with Crippen LogP contribution in [0, 0.1) is 11.6 Å². The highest BCUT2D eigenvalue weighted by Crippen LogP contribution is 2.44. The third kappa shape index (κ3) is 2.08. The smallest absolute Gasteiger partial charge is 0.287 e. The van der Waals surface area contributed by atoms with E-state index in [9.17, 15) is 18.4 Å². The van der Waals surface area contributed by atoms with Crippen molar-refractivity contribution in [3.05, 3.63) is 23.3 Å². The number of nitrogens with zero attached hydrogens (tertiary/aromatic N) is 2. The summed E-state index contributed by atoms with van der Waals surface area (Å²) < 4.78 is 32.6. The van der Waals surface area contributed by atoms with Gasteiger partial charge in [0.15, 0.2) is 17.9 Å². The molecule has 0 spiro atoms. The maximum Gasteiger partial charge on any atom is 0.287 e. The Morgan fingerprint density at radius 1 is 1.30 bits per heavy atom. The highest BCUT2D eigenvalue weighted by molar-refractivity contribution is 8.14. The standard InChI is InChI=1S/C15H12F2N2O3S/c16-11-7(6-20)5-8-13(12(11)17)22-18-14(8)19-9-3-1-2-4-10(9)23-15(19)21/h5-6,9-10H,1-4H2/t9-,10-/m1/s1. The SMILES string of the molecule is O=Cc1cc2c(N3C(=O)S[C@@H]4CCCC[C@H]43)noc2c(F)c1F. The summed E-state index contributed by atoms with van der Waals surface area (Å²) in [7, 11) is 0. The summed E-state index contributed by atoms with van der Waals surface area (Å²) in [6, 6.07) is 1.16. The Morgan fingerprint density at radius 3 is 2.87 bits per heavy atom. The third-order valence-electron chi connectivity index (χ3n) is 4.46. The highest BCUT2D eigenvalue weighted by Gasteiger charge is 2.44. The molecule has 5 nitrogen and oxygen atoms in total. The molecular formula is C15H12F2N2O3S. The van der Waals surface area contributed by atoms with E-state index in [4.69, 9.17) is 4.52 Å². The van der Waals surface area contributed by atoms with Crippen LogP contribution in [0.5, 0.6) is 0 Å². The molecule has 2 heterocycles. The van der Waals surface area contributed by atoms with Crippen LogP contribution in [0.25, 0.3) is 11.0 Å². The molecule has 1 aliphatic carbocycles. The molecule has 0 unspecified atom stereocenters. The van der Waals surface area contributed by atoms with Gasteiger partial charge in [-0.3, -0.25) is 14.5 Å². The van der Waals surface area contributed by atoms with Crippen LogP contribution in [-0.2, 0) is 0 Å². The number of aromatic nitrogens is 1. The van der Waals surface area contributed by atoms with Gasteiger partial charge in [0.1, 0.15) is 0 Å². The quantitative estimate of drug-likeness (QED) is 0.777. The summed E-state index contributed by atoms with van der Waals surface area (Å²) in [6.45, 7) is 0. The number of carbonyl (C=O) groups excluding carboxylic acids is 2. The fourth-order valence-electron chi connectivity index (χ4n) is 3.36. The van der Waals surface area contributed by atoms with Gasteiger partial charge in [0, 0.05) is 5.25 Å². The first kappa shape index (κ1) is 14.6. The van der Waals surface area contributed by atoms with Crippen LogP contribution in [0.3, 0.4) is 0 Å². The number of halogens is 2. The molecule has 1 saturated heterocycles. The van der Waals surface area contributed by atoms with Crippen molar-refractivity contribution in [1.29, 1.82) is 0 Å². The van der Waals surface area contributed by atoms with Gasteiger partial charge in [-0.2, -0.15) is 4.39 Å². The molecule has 1 aliphatic heterocycles. The van der Waals surface area contributed by atoms with E-state index in [1.807, 2.05) is 0 Å². The van der Waals surface area contributed by atoms with Gasteiger partial charge in [-0.05, 0) is 18.9 Å². The number of benzene rings is 1. The minimum atomic E-state index is -1.27. The Balaban J connectivity index is 1.87. The minimum Gasteiger partial charge on any atom is -0.351 e. The lowest BCUT2D eigenvalue weighted by atomic mass is 9.94. The number of rotatable bonds is 2. The van der Waals surface area contributed by atoms with Crippen LogP contribution in [0.1, 0.15) is 36.0 Å².